The number of carbonyl (C=O) groups is 1. The average Bonchev–Trinajstić information content (AvgIpc) is 3.55. The van der Waals surface area contributed by atoms with Crippen molar-refractivity contribution in [1.82, 2.24) is 29.7 Å². The first kappa shape index (κ1) is 34.1. The molecule has 4 aromatic rings. The summed E-state index contributed by atoms with van der Waals surface area (Å²) in [4.78, 5) is 35.7. The van der Waals surface area contributed by atoms with E-state index < -0.39 is 17.5 Å². The van der Waals surface area contributed by atoms with Crippen LogP contribution in [-0.4, -0.2) is 126 Å². The number of rotatable bonds is 8. The van der Waals surface area contributed by atoms with Crippen LogP contribution in [0.25, 0.3) is 32.9 Å². The van der Waals surface area contributed by atoms with E-state index in [4.69, 9.17) is 26.1 Å². The van der Waals surface area contributed by atoms with Crippen molar-refractivity contribution in [3.8, 4) is 17.3 Å². The summed E-state index contributed by atoms with van der Waals surface area (Å²) in [6.45, 7) is 7.44. The Kier molecular flexibility index (Phi) is 9.75. The first-order valence-corrected chi connectivity index (χ1v) is 18.3. The summed E-state index contributed by atoms with van der Waals surface area (Å²) in [5.74, 6) is -0.136. The van der Waals surface area contributed by atoms with Gasteiger partial charge in [-0.3, -0.25) is 19.6 Å². The number of ether oxygens (including phenoxy) is 2. The van der Waals surface area contributed by atoms with Gasteiger partial charge in [0.1, 0.15) is 29.8 Å². The van der Waals surface area contributed by atoms with Gasteiger partial charge in [0.05, 0.1) is 24.1 Å². The summed E-state index contributed by atoms with van der Waals surface area (Å²) in [5, 5.41) is 2.53. The molecule has 4 aliphatic rings. The summed E-state index contributed by atoms with van der Waals surface area (Å²) in [5.41, 5.74) is 0.358. The molecule has 2 atom stereocenters. The molecule has 10 nitrogen and oxygen atoms in total. The minimum absolute atomic E-state index is 0.0316. The number of hydrogen-bond donors (Lipinski definition) is 0. The molecule has 0 spiro atoms. The van der Waals surface area contributed by atoms with Crippen molar-refractivity contribution < 1.29 is 23.0 Å². The van der Waals surface area contributed by atoms with E-state index in [1.165, 1.54) is 0 Å². The van der Waals surface area contributed by atoms with Crippen molar-refractivity contribution in [3.05, 3.63) is 65.6 Å². The predicted molar refractivity (Wildman–Crippen MR) is 194 cm³/mol. The van der Waals surface area contributed by atoms with E-state index in [1.54, 1.807) is 18.3 Å². The lowest BCUT2D eigenvalue weighted by Gasteiger charge is -2.31. The van der Waals surface area contributed by atoms with Crippen molar-refractivity contribution in [2.75, 3.05) is 83.6 Å². The van der Waals surface area contributed by atoms with Crippen LogP contribution in [0, 0.1) is 5.82 Å². The van der Waals surface area contributed by atoms with Crippen LogP contribution in [0.4, 0.5) is 14.6 Å². The summed E-state index contributed by atoms with van der Waals surface area (Å²) < 4.78 is 43.1. The topological polar surface area (TPSA) is 87.2 Å². The molecule has 4 aliphatic heterocycles. The number of hydrogen-bond acceptors (Lipinski definition) is 9. The van der Waals surface area contributed by atoms with E-state index >= 15 is 4.39 Å². The van der Waals surface area contributed by atoms with Gasteiger partial charge in [-0.2, -0.15) is 9.97 Å². The van der Waals surface area contributed by atoms with Gasteiger partial charge in [-0.05, 0) is 37.3 Å². The Morgan fingerprint density at radius 1 is 1.04 bits per heavy atom. The Bertz CT molecular complexity index is 1960. The quantitative estimate of drug-likeness (QED) is 0.219. The highest BCUT2D eigenvalue weighted by Crippen LogP contribution is 2.41. The lowest BCUT2D eigenvalue weighted by atomic mass is 9.95. The normalized spacial score (nSPS) is 23.4. The van der Waals surface area contributed by atoms with Gasteiger partial charge in [-0.25, -0.2) is 8.78 Å². The van der Waals surface area contributed by atoms with Crippen LogP contribution < -0.4 is 9.64 Å². The van der Waals surface area contributed by atoms with Crippen molar-refractivity contribution in [2.24, 2.45) is 0 Å². The number of benzene rings is 2. The number of fused-ring (bicyclic) bond motifs is 3. The Labute approximate surface area is 301 Å². The van der Waals surface area contributed by atoms with Crippen molar-refractivity contribution in [1.29, 1.82) is 0 Å². The fourth-order valence-corrected chi connectivity index (χ4v) is 8.48. The molecule has 0 bridgehead atoms. The molecule has 8 rings (SSSR count). The largest absolute Gasteiger partial charge is 0.461 e. The number of aromatic nitrogens is 3. The van der Waals surface area contributed by atoms with Crippen LogP contribution in [0.15, 0.2) is 54.7 Å². The highest BCUT2D eigenvalue weighted by Gasteiger charge is 2.49. The van der Waals surface area contributed by atoms with Crippen LogP contribution >= 0.6 is 11.6 Å². The third-order valence-corrected chi connectivity index (χ3v) is 11.1. The summed E-state index contributed by atoms with van der Waals surface area (Å²) >= 11 is 6.63. The number of pyridine rings is 1. The summed E-state index contributed by atoms with van der Waals surface area (Å²) in [6.07, 6.45) is 7.20. The lowest BCUT2D eigenvalue weighted by Crippen LogP contribution is -2.43. The monoisotopic (exact) mass is 717 g/mol. The number of amides is 1. The van der Waals surface area contributed by atoms with Gasteiger partial charge in [0.15, 0.2) is 5.82 Å². The average molecular weight is 718 g/mol. The van der Waals surface area contributed by atoms with E-state index in [9.17, 15) is 9.18 Å². The molecule has 0 radical (unpaired) electrons. The molecule has 2 aromatic carbocycles. The molecule has 4 fully saturated rings. The zero-order valence-corrected chi connectivity index (χ0v) is 29.3. The van der Waals surface area contributed by atoms with Gasteiger partial charge < -0.3 is 19.3 Å². The Morgan fingerprint density at radius 3 is 2.75 bits per heavy atom. The molecule has 51 heavy (non-hydrogen) atoms. The van der Waals surface area contributed by atoms with E-state index in [0.717, 1.165) is 37.9 Å². The minimum atomic E-state index is -0.905. The Balaban J connectivity index is 1.11. The fourth-order valence-electron chi connectivity index (χ4n) is 8.20. The predicted octanol–water partition coefficient (Wildman–Crippen LogP) is 5.52. The molecule has 0 saturated carbocycles. The minimum Gasteiger partial charge on any atom is -0.461 e. The molecular weight excluding hydrogens is 676 g/mol. The van der Waals surface area contributed by atoms with Crippen LogP contribution in [0.3, 0.4) is 0 Å². The van der Waals surface area contributed by atoms with Gasteiger partial charge in [0.2, 0.25) is 5.91 Å². The van der Waals surface area contributed by atoms with Crippen molar-refractivity contribution in [3.63, 3.8) is 0 Å². The van der Waals surface area contributed by atoms with Crippen LogP contribution in [0.5, 0.6) is 6.01 Å². The van der Waals surface area contributed by atoms with Crippen LogP contribution in [0.1, 0.15) is 25.7 Å². The maximum absolute atomic E-state index is 16.9. The number of carbonyl (C=O) groups excluding carboxylic acids is 1. The zero-order valence-electron chi connectivity index (χ0n) is 28.6. The van der Waals surface area contributed by atoms with E-state index in [1.807, 2.05) is 41.3 Å². The molecule has 268 valence electrons. The number of anilines is 1. The van der Waals surface area contributed by atoms with E-state index in [-0.39, 0.29) is 29.7 Å². The SMILES string of the molecule is O=C(/C=C/CN1CCOCC1)N1CCCN(c2nc(OC[C@@]34CCCN3C[C@H](F)C4)nc3c(F)c(-c4cccc5cccc(Cl)c45)ncc23)CC1. The number of morpholine rings is 1. The maximum atomic E-state index is 16.9. The zero-order chi connectivity index (χ0) is 35.0. The van der Waals surface area contributed by atoms with Gasteiger partial charge >= 0.3 is 6.01 Å². The third kappa shape index (κ3) is 6.86. The van der Waals surface area contributed by atoms with Crippen molar-refractivity contribution in [2.45, 2.75) is 37.4 Å². The smallest absolute Gasteiger partial charge is 0.319 e. The molecule has 6 heterocycles. The van der Waals surface area contributed by atoms with Gasteiger partial charge in [0.25, 0.3) is 0 Å². The standard InChI is InChI=1S/C38H42ClF2N7O3/c39-30-9-2-7-26-6-1-8-28(32(26)30)34-33(41)35-29(23-42-34)36(44-37(43-35)51-25-38-11-4-15-48(38)24-27(40)22-38)47-14-5-13-46(16-17-47)31(49)10-3-12-45-18-20-50-21-19-45/h1-3,6-10,23,27H,4-5,11-22,24-25H2/b10-3+/t27-,38+/m1/s1. The number of nitrogens with zero attached hydrogens (tertiary/aromatic N) is 7. The molecule has 13 heteroatoms. The van der Waals surface area contributed by atoms with Gasteiger partial charge in [-0.1, -0.05) is 48.0 Å². The van der Waals surface area contributed by atoms with Crippen molar-refractivity contribution >= 4 is 45.0 Å². The van der Waals surface area contributed by atoms with Gasteiger partial charge in [-0.15, -0.1) is 0 Å². The second kappa shape index (κ2) is 14.6. The van der Waals surface area contributed by atoms with Crippen LogP contribution in [0.2, 0.25) is 5.02 Å². The van der Waals surface area contributed by atoms with Gasteiger partial charge in [0, 0.05) is 87.0 Å². The second-order valence-electron chi connectivity index (χ2n) is 14.0. The van der Waals surface area contributed by atoms with E-state index in [0.29, 0.717) is 92.5 Å². The first-order valence-electron chi connectivity index (χ1n) is 17.9. The Hall–Kier alpha value is -3.97. The second-order valence-corrected chi connectivity index (χ2v) is 14.4. The molecule has 1 amide bonds. The van der Waals surface area contributed by atoms with Crippen LogP contribution in [-0.2, 0) is 9.53 Å². The number of alkyl halides is 1. The molecular formula is C38H42ClF2N7O3. The lowest BCUT2D eigenvalue weighted by molar-refractivity contribution is -0.125. The number of halogens is 3. The maximum Gasteiger partial charge on any atom is 0.319 e. The third-order valence-electron chi connectivity index (χ3n) is 10.8. The van der Waals surface area contributed by atoms with E-state index in [2.05, 4.69) is 24.7 Å². The first-order chi connectivity index (χ1) is 24.9. The highest BCUT2D eigenvalue weighted by molar-refractivity contribution is 6.36. The summed E-state index contributed by atoms with van der Waals surface area (Å²) in [6, 6.07) is 11.2. The Morgan fingerprint density at radius 2 is 1.88 bits per heavy atom. The molecule has 0 unspecified atom stereocenters. The summed E-state index contributed by atoms with van der Waals surface area (Å²) in [7, 11) is 0. The molecule has 4 saturated heterocycles. The highest BCUT2D eigenvalue weighted by atomic mass is 35.5. The molecule has 2 aromatic heterocycles. The molecule has 0 aliphatic carbocycles. The fraction of sp³-hybridized carbons (Fsp3) is 0.474. The molecule has 0 N–H and O–H groups in total.